The van der Waals surface area contributed by atoms with Crippen molar-refractivity contribution in [3.63, 3.8) is 0 Å². The molecule has 1 heterocycles. The zero-order valence-corrected chi connectivity index (χ0v) is 9.35. The van der Waals surface area contributed by atoms with E-state index in [1.54, 1.807) is 18.7 Å². The molecule has 0 spiro atoms. The summed E-state index contributed by atoms with van der Waals surface area (Å²) in [7, 11) is 0. The lowest BCUT2D eigenvalue weighted by molar-refractivity contribution is 1.31. The third-order valence-electron chi connectivity index (χ3n) is 2.14. The van der Waals surface area contributed by atoms with Crippen LogP contribution in [0.4, 0.5) is 0 Å². The summed E-state index contributed by atoms with van der Waals surface area (Å²) < 4.78 is 0. The van der Waals surface area contributed by atoms with Crippen molar-refractivity contribution in [2.24, 2.45) is 0 Å². The molecule has 0 saturated carbocycles. The fraction of sp³-hybridized carbons (Fsp3) is 0. The van der Waals surface area contributed by atoms with Gasteiger partial charge in [-0.2, -0.15) is 0 Å². The van der Waals surface area contributed by atoms with Crippen molar-refractivity contribution in [2.75, 3.05) is 0 Å². The predicted octanol–water partition coefficient (Wildman–Crippen LogP) is 3.90. The van der Waals surface area contributed by atoms with Crippen molar-refractivity contribution >= 4 is 22.4 Å². The van der Waals surface area contributed by atoms with Gasteiger partial charge in [-0.25, -0.2) is 4.98 Å². The summed E-state index contributed by atoms with van der Waals surface area (Å²) >= 11 is 5.96. The molecule has 3 heteroatoms. The van der Waals surface area contributed by atoms with Gasteiger partial charge in [-0.1, -0.05) is 48.0 Å². The molecule has 0 radical (unpaired) electrons. The highest BCUT2D eigenvalue weighted by Gasteiger charge is 1.93. The van der Waals surface area contributed by atoms with E-state index in [4.69, 9.17) is 11.6 Å². The third-order valence-corrected chi connectivity index (χ3v) is 2.47. The van der Waals surface area contributed by atoms with Crippen LogP contribution in [-0.2, 0) is 0 Å². The van der Waals surface area contributed by atoms with Gasteiger partial charge in [0, 0.05) is 22.8 Å². The lowest BCUT2D eigenvalue weighted by Crippen LogP contribution is -1.70. The van der Waals surface area contributed by atoms with Crippen molar-refractivity contribution in [1.29, 1.82) is 0 Å². The first kappa shape index (κ1) is 10.7. The number of halogens is 1. The minimum absolute atomic E-state index is 0.822. The Morgan fingerprint density at radius 2 is 1.81 bits per heavy atom. The Hall–Kier alpha value is -1.80. The molecule has 3 aromatic rings. The molecule has 0 fully saturated rings. The number of hydrogen-bond donors (Lipinski definition) is 1. The maximum absolute atomic E-state index is 5.96. The first-order chi connectivity index (χ1) is 7.88. The van der Waals surface area contributed by atoms with Crippen LogP contribution in [0.25, 0.3) is 10.8 Å². The van der Waals surface area contributed by atoms with Crippen LogP contribution < -0.4 is 0 Å². The van der Waals surface area contributed by atoms with Crippen LogP contribution in [0.15, 0.2) is 61.2 Å². The first-order valence-electron chi connectivity index (χ1n) is 4.94. The van der Waals surface area contributed by atoms with E-state index in [0.717, 1.165) is 10.4 Å². The molecule has 1 N–H and O–H groups in total. The Morgan fingerprint density at radius 3 is 2.44 bits per heavy atom. The van der Waals surface area contributed by atoms with E-state index in [9.17, 15) is 0 Å². The number of benzene rings is 2. The number of imidazole rings is 1. The van der Waals surface area contributed by atoms with Crippen molar-refractivity contribution in [2.45, 2.75) is 0 Å². The van der Waals surface area contributed by atoms with Crippen LogP contribution in [0.3, 0.4) is 0 Å². The van der Waals surface area contributed by atoms with E-state index in [-0.39, 0.29) is 0 Å². The molecule has 0 bridgehead atoms. The zero-order chi connectivity index (χ0) is 11.2. The molecule has 0 aliphatic heterocycles. The molecule has 1 aromatic heterocycles. The van der Waals surface area contributed by atoms with Crippen LogP contribution in [0.2, 0.25) is 5.02 Å². The molecule has 2 aromatic carbocycles. The Bertz CT molecular complexity index is 524. The highest BCUT2D eigenvalue weighted by molar-refractivity contribution is 6.35. The fourth-order valence-corrected chi connectivity index (χ4v) is 1.65. The lowest BCUT2D eigenvalue weighted by atomic mass is 10.1. The summed E-state index contributed by atoms with van der Waals surface area (Å²) in [5.74, 6) is 0. The second-order valence-corrected chi connectivity index (χ2v) is 3.63. The molecule has 2 nitrogen and oxygen atoms in total. The number of nitrogens with one attached hydrogen (secondary N) is 1. The Kier molecular flexibility index (Phi) is 3.57. The maximum atomic E-state index is 5.96. The van der Waals surface area contributed by atoms with E-state index >= 15 is 0 Å². The van der Waals surface area contributed by atoms with Gasteiger partial charge in [0.05, 0.1) is 6.33 Å². The van der Waals surface area contributed by atoms with Crippen LogP contribution in [0, 0.1) is 0 Å². The average molecular weight is 231 g/mol. The summed E-state index contributed by atoms with van der Waals surface area (Å²) in [6.45, 7) is 0. The Labute approximate surface area is 98.9 Å². The van der Waals surface area contributed by atoms with E-state index in [1.807, 2.05) is 30.3 Å². The molecule has 0 unspecified atom stereocenters. The van der Waals surface area contributed by atoms with E-state index in [2.05, 4.69) is 22.1 Å². The monoisotopic (exact) mass is 230 g/mol. The molecule has 3 rings (SSSR count). The van der Waals surface area contributed by atoms with Gasteiger partial charge in [0.1, 0.15) is 0 Å². The second-order valence-electron chi connectivity index (χ2n) is 3.22. The minimum atomic E-state index is 0.822. The number of hydrogen-bond acceptors (Lipinski definition) is 1. The van der Waals surface area contributed by atoms with Crippen molar-refractivity contribution in [3.8, 4) is 0 Å². The lowest BCUT2D eigenvalue weighted by Gasteiger charge is -1.97. The predicted molar refractivity (Wildman–Crippen MR) is 67.5 cm³/mol. The van der Waals surface area contributed by atoms with Crippen LogP contribution in [-0.4, -0.2) is 9.97 Å². The molecular weight excluding hydrogens is 220 g/mol. The van der Waals surface area contributed by atoms with Gasteiger partial charge in [-0.15, -0.1) is 0 Å². The number of rotatable bonds is 0. The third kappa shape index (κ3) is 2.61. The number of aromatic amines is 1. The van der Waals surface area contributed by atoms with Gasteiger partial charge < -0.3 is 4.98 Å². The highest BCUT2D eigenvalue weighted by Crippen LogP contribution is 2.21. The van der Waals surface area contributed by atoms with Gasteiger partial charge in [0.15, 0.2) is 0 Å². The summed E-state index contributed by atoms with van der Waals surface area (Å²) in [5.41, 5.74) is 0. The summed E-state index contributed by atoms with van der Waals surface area (Å²) in [6, 6.07) is 14.0. The van der Waals surface area contributed by atoms with Gasteiger partial charge in [0.2, 0.25) is 0 Å². The Balaban J connectivity index is 0.000000162. The van der Waals surface area contributed by atoms with Crippen LogP contribution in [0.1, 0.15) is 0 Å². The fourth-order valence-electron chi connectivity index (χ4n) is 1.40. The van der Waals surface area contributed by atoms with Crippen molar-refractivity contribution in [1.82, 2.24) is 9.97 Å². The molecule has 0 aliphatic carbocycles. The SMILES string of the molecule is Clc1cccc2ccccc12.c1c[nH]cn1. The maximum Gasteiger partial charge on any atom is 0.0919 e. The molecule has 16 heavy (non-hydrogen) atoms. The standard InChI is InChI=1S/C10H7Cl.C3H4N2/c11-10-7-3-5-8-4-1-2-6-9(8)10;1-2-5-3-4-1/h1-7H;1-3H,(H,4,5). The smallest absolute Gasteiger partial charge is 0.0919 e. The average Bonchev–Trinajstić information content (AvgIpc) is 2.88. The highest BCUT2D eigenvalue weighted by atomic mass is 35.5. The minimum Gasteiger partial charge on any atom is -0.351 e. The van der Waals surface area contributed by atoms with Crippen molar-refractivity contribution < 1.29 is 0 Å². The normalized spacial score (nSPS) is 9.56. The van der Waals surface area contributed by atoms with Gasteiger partial charge >= 0.3 is 0 Å². The number of aromatic nitrogens is 2. The molecule has 0 atom stereocenters. The molecular formula is C13H11ClN2. The number of fused-ring (bicyclic) bond motifs is 1. The summed E-state index contributed by atoms with van der Waals surface area (Å²) in [6.07, 6.45) is 5.08. The van der Waals surface area contributed by atoms with E-state index in [1.165, 1.54) is 5.39 Å². The molecule has 80 valence electrons. The van der Waals surface area contributed by atoms with E-state index in [0.29, 0.717) is 0 Å². The van der Waals surface area contributed by atoms with Crippen LogP contribution in [0.5, 0.6) is 0 Å². The Morgan fingerprint density at radius 1 is 1.00 bits per heavy atom. The van der Waals surface area contributed by atoms with E-state index < -0.39 is 0 Å². The number of nitrogens with zero attached hydrogens (tertiary/aromatic N) is 1. The topological polar surface area (TPSA) is 28.7 Å². The largest absolute Gasteiger partial charge is 0.351 e. The quantitative estimate of drug-likeness (QED) is 0.623. The zero-order valence-electron chi connectivity index (χ0n) is 8.60. The molecule has 0 saturated heterocycles. The second kappa shape index (κ2) is 5.33. The number of H-pyrrole nitrogens is 1. The molecule has 0 aliphatic rings. The van der Waals surface area contributed by atoms with Gasteiger partial charge in [-0.05, 0) is 11.5 Å². The van der Waals surface area contributed by atoms with Crippen molar-refractivity contribution in [3.05, 3.63) is 66.2 Å². The first-order valence-corrected chi connectivity index (χ1v) is 5.32. The van der Waals surface area contributed by atoms with Gasteiger partial charge in [0.25, 0.3) is 0 Å². The summed E-state index contributed by atoms with van der Waals surface area (Å²) in [5, 5.41) is 3.14. The van der Waals surface area contributed by atoms with Crippen LogP contribution >= 0.6 is 11.6 Å². The summed E-state index contributed by atoms with van der Waals surface area (Å²) in [4.78, 5) is 6.42. The molecule has 0 amide bonds. The van der Waals surface area contributed by atoms with Gasteiger partial charge in [-0.3, -0.25) is 0 Å².